The predicted molar refractivity (Wildman–Crippen MR) is 133 cm³/mol. The normalized spacial score (nSPS) is 15.0. The highest BCUT2D eigenvalue weighted by molar-refractivity contribution is 7.89. The van der Waals surface area contributed by atoms with Crippen LogP contribution in [0.15, 0.2) is 67.0 Å². The zero-order valence-corrected chi connectivity index (χ0v) is 19.5. The van der Waals surface area contributed by atoms with Crippen molar-refractivity contribution in [1.29, 1.82) is 5.26 Å². The number of sulfonamides is 1. The van der Waals surface area contributed by atoms with Crippen molar-refractivity contribution in [2.75, 3.05) is 36.8 Å². The van der Waals surface area contributed by atoms with E-state index < -0.39 is 15.8 Å². The zero-order chi connectivity index (χ0) is 23.3. The van der Waals surface area contributed by atoms with Crippen molar-refractivity contribution in [3.63, 3.8) is 0 Å². The first-order chi connectivity index (χ1) is 15.9. The fourth-order valence-corrected chi connectivity index (χ4v) is 5.11. The minimum absolute atomic E-state index is 0.389. The molecule has 4 rings (SSSR count). The fraction of sp³-hybridized carbons (Fsp3) is 0.200. The van der Waals surface area contributed by atoms with Crippen LogP contribution in [0.1, 0.15) is 11.1 Å². The fourth-order valence-electron chi connectivity index (χ4n) is 3.81. The molecule has 1 aliphatic heterocycles. The monoisotopic (exact) mass is 478 g/mol. The lowest BCUT2D eigenvalue weighted by atomic mass is 10.0. The molecule has 0 radical (unpaired) electrons. The van der Waals surface area contributed by atoms with E-state index in [4.69, 9.17) is 16.9 Å². The Morgan fingerprint density at radius 2 is 1.58 bits per heavy atom. The van der Waals surface area contributed by atoms with Crippen LogP contribution in [0.3, 0.4) is 0 Å². The number of benzene rings is 2. The van der Waals surface area contributed by atoms with E-state index in [2.05, 4.69) is 16.0 Å². The highest BCUT2D eigenvalue weighted by Gasteiger charge is 2.26. The van der Waals surface area contributed by atoms with Gasteiger partial charge in [0.15, 0.2) is 5.75 Å². The average molecular weight is 479 g/mol. The zero-order valence-electron chi connectivity index (χ0n) is 17.9. The summed E-state index contributed by atoms with van der Waals surface area (Å²) in [6.45, 7) is 1.97. The van der Waals surface area contributed by atoms with Crippen LogP contribution in [0.4, 0.5) is 5.69 Å². The summed E-state index contributed by atoms with van der Waals surface area (Å²) in [6, 6.07) is 19.8. The topological polar surface area (TPSA) is 77.3 Å². The van der Waals surface area contributed by atoms with Gasteiger partial charge in [0, 0.05) is 49.3 Å². The van der Waals surface area contributed by atoms with Crippen LogP contribution < -0.4 is 4.90 Å². The minimum Gasteiger partial charge on any atom is -0.369 e. The third-order valence-electron chi connectivity index (χ3n) is 5.54. The first kappa shape index (κ1) is 23.0. The van der Waals surface area contributed by atoms with E-state index in [1.54, 1.807) is 18.5 Å². The number of hydrogen-bond donors (Lipinski definition) is 0. The molecule has 33 heavy (non-hydrogen) atoms. The van der Waals surface area contributed by atoms with E-state index in [0.29, 0.717) is 31.2 Å². The van der Waals surface area contributed by atoms with Crippen LogP contribution in [0.5, 0.6) is 0 Å². The van der Waals surface area contributed by atoms with Crippen molar-refractivity contribution in [3.05, 3.63) is 83.1 Å². The van der Waals surface area contributed by atoms with Gasteiger partial charge in [0.05, 0.1) is 6.07 Å². The first-order valence-electron chi connectivity index (χ1n) is 10.5. The first-order valence-corrected chi connectivity index (χ1v) is 12.5. The minimum atomic E-state index is -3.48. The van der Waals surface area contributed by atoms with Gasteiger partial charge in [-0.25, -0.2) is 8.42 Å². The molecular weight excluding hydrogens is 456 g/mol. The molecule has 2 heterocycles. The molecule has 0 aliphatic carbocycles. The molecule has 8 heteroatoms. The molecule has 0 N–H and O–H groups in total. The summed E-state index contributed by atoms with van der Waals surface area (Å²) in [7, 11) is -3.48. The van der Waals surface area contributed by atoms with Crippen LogP contribution in [-0.4, -0.2) is 49.6 Å². The number of pyridine rings is 1. The SMILES string of the molecule is N#CCS(=O)(=O)N1CCN(c2ccc(/C=C/c3cc(Cl)cc(-c4ccncc4)c3)cc2)CC1. The second-order valence-electron chi connectivity index (χ2n) is 7.73. The molecule has 1 aliphatic rings. The molecule has 0 amide bonds. The Kier molecular flexibility index (Phi) is 7.09. The average Bonchev–Trinajstić information content (AvgIpc) is 2.83. The maximum atomic E-state index is 12.1. The summed E-state index contributed by atoms with van der Waals surface area (Å²) >= 11 is 6.33. The standard InChI is InChI=1S/C25H23ClN4O2S/c26-24-18-21(17-23(19-24)22-7-10-28-11-8-22)2-1-20-3-5-25(6-4-20)29-12-14-30(15-13-29)33(31,32)16-9-27/h1-8,10-11,17-19H,12-16H2/b2-1+. The lowest BCUT2D eigenvalue weighted by molar-refractivity contribution is 0.386. The molecule has 0 spiro atoms. The van der Waals surface area contributed by atoms with Crippen molar-refractivity contribution in [3.8, 4) is 17.2 Å². The lowest BCUT2D eigenvalue weighted by Gasteiger charge is -2.35. The van der Waals surface area contributed by atoms with E-state index in [1.165, 1.54) is 4.31 Å². The van der Waals surface area contributed by atoms with Crippen LogP contribution in [-0.2, 0) is 10.0 Å². The van der Waals surface area contributed by atoms with E-state index >= 15 is 0 Å². The molecule has 0 atom stereocenters. The number of rotatable bonds is 6. The van der Waals surface area contributed by atoms with E-state index in [9.17, 15) is 8.42 Å². The Hall–Kier alpha value is -3.18. The summed E-state index contributed by atoms with van der Waals surface area (Å²) in [5.74, 6) is -0.468. The summed E-state index contributed by atoms with van der Waals surface area (Å²) < 4.78 is 25.5. The highest BCUT2D eigenvalue weighted by atomic mass is 35.5. The van der Waals surface area contributed by atoms with E-state index in [-0.39, 0.29) is 0 Å². The van der Waals surface area contributed by atoms with Gasteiger partial charge in [0.2, 0.25) is 10.0 Å². The Morgan fingerprint density at radius 1 is 0.909 bits per heavy atom. The van der Waals surface area contributed by atoms with Crippen molar-refractivity contribution < 1.29 is 8.42 Å². The Bertz CT molecular complexity index is 1280. The van der Waals surface area contributed by atoms with Gasteiger partial charge in [0.1, 0.15) is 0 Å². The Labute approximate surface area is 199 Å². The van der Waals surface area contributed by atoms with Crippen molar-refractivity contribution in [2.45, 2.75) is 0 Å². The largest absolute Gasteiger partial charge is 0.369 e. The number of nitrogens with zero attached hydrogens (tertiary/aromatic N) is 4. The van der Waals surface area contributed by atoms with Crippen LogP contribution in [0, 0.1) is 11.3 Å². The molecule has 0 saturated carbocycles. The van der Waals surface area contributed by atoms with Crippen molar-refractivity contribution in [2.24, 2.45) is 0 Å². The van der Waals surface area contributed by atoms with Gasteiger partial charge in [-0.1, -0.05) is 35.9 Å². The van der Waals surface area contributed by atoms with Gasteiger partial charge in [-0.3, -0.25) is 4.98 Å². The van der Waals surface area contributed by atoms with Crippen LogP contribution >= 0.6 is 11.6 Å². The quantitative estimate of drug-likeness (QED) is 0.486. The number of hydrogen-bond acceptors (Lipinski definition) is 5. The molecule has 6 nitrogen and oxygen atoms in total. The summed E-state index contributed by atoms with van der Waals surface area (Å²) in [5, 5.41) is 9.38. The van der Waals surface area contributed by atoms with Gasteiger partial charge < -0.3 is 4.90 Å². The molecule has 1 aromatic heterocycles. The Morgan fingerprint density at radius 3 is 2.24 bits per heavy atom. The molecule has 1 fully saturated rings. The van der Waals surface area contributed by atoms with Gasteiger partial charge in [-0.15, -0.1) is 0 Å². The van der Waals surface area contributed by atoms with Gasteiger partial charge in [-0.05, 0) is 64.7 Å². The summed E-state index contributed by atoms with van der Waals surface area (Å²) in [5.41, 5.74) is 5.21. The number of piperazine rings is 1. The Balaban J connectivity index is 1.42. The smallest absolute Gasteiger partial charge is 0.227 e. The summed E-state index contributed by atoms with van der Waals surface area (Å²) in [4.78, 5) is 6.22. The molecule has 3 aromatic rings. The summed E-state index contributed by atoms with van der Waals surface area (Å²) in [6.07, 6.45) is 7.60. The van der Waals surface area contributed by atoms with Gasteiger partial charge in [-0.2, -0.15) is 9.57 Å². The molecular formula is C25H23ClN4O2S. The molecule has 0 unspecified atom stereocenters. The second kappa shape index (κ2) is 10.2. The maximum absolute atomic E-state index is 12.1. The number of halogens is 1. The van der Waals surface area contributed by atoms with Gasteiger partial charge >= 0.3 is 0 Å². The maximum Gasteiger partial charge on any atom is 0.227 e. The third-order valence-corrected chi connectivity index (χ3v) is 7.40. The molecule has 168 valence electrons. The third kappa shape index (κ3) is 5.79. The van der Waals surface area contributed by atoms with Crippen molar-refractivity contribution in [1.82, 2.24) is 9.29 Å². The van der Waals surface area contributed by atoms with Gasteiger partial charge in [0.25, 0.3) is 0 Å². The molecule has 1 saturated heterocycles. The predicted octanol–water partition coefficient (Wildman–Crippen LogP) is 4.55. The molecule has 2 aromatic carbocycles. The molecule has 0 bridgehead atoms. The van der Waals surface area contributed by atoms with E-state index in [0.717, 1.165) is 27.9 Å². The second-order valence-corrected chi connectivity index (χ2v) is 10.1. The highest BCUT2D eigenvalue weighted by Crippen LogP contribution is 2.26. The van der Waals surface area contributed by atoms with Crippen molar-refractivity contribution >= 4 is 39.5 Å². The van der Waals surface area contributed by atoms with Crippen LogP contribution in [0.25, 0.3) is 23.3 Å². The number of aromatic nitrogens is 1. The number of nitriles is 1. The number of anilines is 1. The lowest BCUT2D eigenvalue weighted by Crippen LogP contribution is -2.49. The van der Waals surface area contributed by atoms with E-state index in [1.807, 2.05) is 60.7 Å². The van der Waals surface area contributed by atoms with Crippen LogP contribution in [0.2, 0.25) is 5.02 Å².